The van der Waals surface area contributed by atoms with Gasteiger partial charge in [0.2, 0.25) is 0 Å². The Balaban J connectivity index is 1.58. The summed E-state index contributed by atoms with van der Waals surface area (Å²) in [6, 6.07) is 5.07. The van der Waals surface area contributed by atoms with Gasteiger partial charge >= 0.3 is 0 Å². The molecule has 0 saturated carbocycles. The largest absolute Gasteiger partial charge is 0.512 e. The Labute approximate surface area is 134 Å². The lowest BCUT2D eigenvalue weighted by Crippen LogP contribution is -2.17. The number of benzene rings is 1. The molecule has 1 aromatic carbocycles. The molecule has 1 atom stereocenters. The maximum absolute atomic E-state index is 12.3. The Morgan fingerprint density at radius 2 is 1.91 bits per heavy atom. The van der Waals surface area contributed by atoms with E-state index in [9.17, 15) is 14.7 Å². The highest BCUT2D eigenvalue weighted by molar-refractivity contribution is 5.99. The number of rotatable bonds is 5. The number of aliphatic hydroxyl groups is 1. The second-order valence-electron chi connectivity index (χ2n) is 5.60. The van der Waals surface area contributed by atoms with Gasteiger partial charge in [0, 0.05) is 30.7 Å². The molecule has 5 nitrogen and oxygen atoms in total. The zero-order valence-electron chi connectivity index (χ0n) is 12.7. The maximum atomic E-state index is 12.3. The number of Topliss-reactive ketones (excluding diaryl/α,β-unsaturated/α-hetero) is 2. The molecule has 0 saturated heterocycles. The molecule has 0 bridgehead atoms. The van der Waals surface area contributed by atoms with Crippen LogP contribution in [-0.4, -0.2) is 29.9 Å². The summed E-state index contributed by atoms with van der Waals surface area (Å²) < 4.78 is 10.9. The van der Waals surface area contributed by atoms with Crippen molar-refractivity contribution in [1.82, 2.24) is 0 Å². The molecule has 120 valence electrons. The molecule has 1 N–H and O–H groups in total. The fourth-order valence-electron chi connectivity index (χ4n) is 2.67. The lowest BCUT2D eigenvalue weighted by molar-refractivity contribution is -0.121. The Bertz CT molecular complexity index is 687. The normalized spacial score (nSPS) is 19.1. The summed E-state index contributed by atoms with van der Waals surface area (Å²) in [6.45, 7) is 0.971. The fourth-order valence-corrected chi connectivity index (χ4v) is 2.67. The van der Waals surface area contributed by atoms with E-state index in [1.165, 1.54) is 0 Å². The van der Waals surface area contributed by atoms with E-state index in [2.05, 4.69) is 0 Å². The SMILES string of the molecule is O=C(CCC(=O)C1C=CC=C(O)C1)c1ccc2c(c1)OCCO2. The monoisotopic (exact) mass is 314 g/mol. The van der Waals surface area contributed by atoms with Crippen molar-refractivity contribution in [2.45, 2.75) is 19.3 Å². The van der Waals surface area contributed by atoms with Crippen LogP contribution in [0.15, 0.2) is 42.2 Å². The highest BCUT2D eigenvalue weighted by Gasteiger charge is 2.21. The van der Waals surface area contributed by atoms with Crippen LogP contribution in [-0.2, 0) is 4.79 Å². The van der Waals surface area contributed by atoms with Gasteiger partial charge in [-0.15, -0.1) is 0 Å². The Hall–Kier alpha value is -2.56. The first-order valence-corrected chi connectivity index (χ1v) is 7.65. The van der Waals surface area contributed by atoms with Crippen LogP contribution in [0.5, 0.6) is 11.5 Å². The minimum Gasteiger partial charge on any atom is -0.512 e. The fraction of sp³-hybridized carbons (Fsp3) is 0.333. The van der Waals surface area contributed by atoms with Crippen molar-refractivity contribution >= 4 is 11.6 Å². The van der Waals surface area contributed by atoms with Crippen LogP contribution in [0.3, 0.4) is 0 Å². The number of allylic oxidation sites excluding steroid dienone is 4. The molecule has 2 aliphatic rings. The molecule has 1 aromatic rings. The minimum absolute atomic E-state index is 0.0354. The number of ketones is 2. The average Bonchev–Trinajstić information content (AvgIpc) is 2.59. The number of fused-ring (bicyclic) bond motifs is 1. The van der Waals surface area contributed by atoms with E-state index < -0.39 is 0 Å². The summed E-state index contributed by atoms with van der Waals surface area (Å²) >= 11 is 0. The van der Waals surface area contributed by atoms with Gasteiger partial charge in [0.1, 0.15) is 19.0 Å². The van der Waals surface area contributed by atoms with Crippen LogP contribution >= 0.6 is 0 Å². The summed E-state index contributed by atoms with van der Waals surface area (Å²) in [5.74, 6) is 0.927. The Morgan fingerprint density at radius 1 is 1.13 bits per heavy atom. The van der Waals surface area contributed by atoms with E-state index in [1.54, 1.807) is 36.4 Å². The number of ether oxygens (including phenoxy) is 2. The summed E-state index contributed by atoms with van der Waals surface area (Å²) in [7, 11) is 0. The van der Waals surface area contributed by atoms with Crippen molar-refractivity contribution in [2.75, 3.05) is 13.2 Å². The van der Waals surface area contributed by atoms with Crippen LogP contribution in [0.2, 0.25) is 0 Å². The molecule has 3 rings (SSSR count). The van der Waals surface area contributed by atoms with E-state index in [-0.39, 0.29) is 36.1 Å². The lowest BCUT2D eigenvalue weighted by atomic mass is 9.91. The van der Waals surface area contributed by atoms with Crippen LogP contribution < -0.4 is 9.47 Å². The first-order valence-electron chi connectivity index (χ1n) is 7.65. The molecular weight excluding hydrogens is 296 g/mol. The number of carbonyl (C=O) groups excluding carboxylic acids is 2. The first kappa shape index (κ1) is 15.3. The van der Waals surface area contributed by atoms with Crippen LogP contribution in [0.4, 0.5) is 0 Å². The number of hydrogen-bond acceptors (Lipinski definition) is 5. The van der Waals surface area contributed by atoms with E-state index in [0.29, 0.717) is 36.7 Å². The molecule has 0 spiro atoms. The Morgan fingerprint density at radius 3 is 2.70 bits per heavy atom. The van der Waals surface area contributed by atoms with Gasteiger partial charge in [-0.25, -0.2) is 0 Å². The minimum atomic E-state index is -0.340. The van der Waals surface area contributed by atoms with Crippen LogP contribution in [0, 0.1) is 5.92 Å². The zero-order chi connectivity index (χ0) is 16.2. The van der Waals surface area contributed by atoms with Gasteiger partial charge in [-0.1, -0.05) is 12.2 Å². The summed E-state index contributed by atoms with van der Waals surface area (Å²) in [6.07, 6.45) is 5.63. The second kappa shape index (κ2) is 6.69. The highest BCUT2D eigenvalue weighted by atomic mass is 16.6. The third kappa shape index (κ3) is 3.62. The second-order valence-corrected chi connectivity index (χ2v) is 5.60. The van der Waals surface area contributed by atoms with E-state index >= 15 is 0 Å². The molecule has 1 unspecified atom stereocenters. The van der Waals surface area contributed by atoms with Crippen LogP contribution in [0.25, 0.3) is 0 Å². The topological polar surface area (TPSA) is 72.8 Å². The van der Waals surface area contributed by atoms with Crippen molar-refractivity contribution in [3.63, 3.8) is 0 Å². The molecule has 1 heterocycles. The number of carbonyl (C=O) groups is 2. The molecule has 1 aliphatic heterocycles. The molecule has 5 heteroatoms. The van der Waals surface area contributed by atoms with Crippen molar-refractivity contribution in [2.24, 2.45) is 5.92 Å². The molecule has 23 heavy (non-hydrogen) atoms. The van der Waals surface area contributed by atoms with Gasteiger partial charge in [-0.2, -0.15) is 0 Å². The lowest BCUT2D eigenvalue weighted by Gasteiger charge is -2.18. The Kier molecular flexibility index (Phi) is 4.46. The molecule has 0 radical (unpaired) electrons. The molecule has 0 amide bonds. The standard InChI is InChI=1S/C18H18O5/c19-14-3-1-2-12(10-14)15(20)5-6-16(21)13-4-7-17-18(11-13)23-9-8-22-17/h1-4,7,11-12,19H,5-6,8-10H2. The molecular formula is C18H18O5. The van der Waals surface area contributed by atoms with Crippen molar-refractivity contribution < 1.29 is 24.2 Å². The first-order chi connectivity index (χ1) is 11.1. The molecule has 0 fully saturated rings. The quantitative estimate of drug-likeness (QED) is 0.846. The van der Waals surface area contributed by atoms with Gasteiger partial charge in [0.15, 0.2) is 17.3 Å². The highest BCUT2D eigenvalue weighted by Crippen LogP contribution is 2.31. The predicted molar refractivity (Wildman–Crippen MR) is 84.0 cm³/mol. The van der Waals surface area contributed by atoms with Gasteiger partial charge < -0.3 is 14.6 Å². The maximum Gasteiger partial charge on any atom is 0.163 e. The van der Waals surface area contributed by atoms with Gasteiger partial charge in [0.25, 0.3) is 0 Å². The van der Waals surface area contributed by atoms with Gasteiger partial charge in [-0.3, -0.25) is 9.59 Å². The van der Waals surface area contributed by atoms with Gasteiger partial charge in [-0.05, 0) is 24.3 Å². The zero-order valence-corrected chi connectivity index (χ0v) is 12.7. The van der Waals surface area contributed by atoms with Crippen LogP contribution in [0.1, 0.15) is 29.6 Å². The molecule has 0 aromatic heterocycles. The van der Waals surface area contributed by atoms with Gasteiger partial charge in [0.05, 0.1) is 5.76 Å². The van der Waals surface area contributed by atoms with Crippen molar-refractivity contribution in [3.05, 3.63) is 47.7 Å². The number of aliphatic hydroxyl groups excluding tert-OH is 1. The summed E-state index contributed by atoms with van der Waals surface area (Å²) in [5, 5.41) is 9.46. The van der Waals surface area contributed by atoms with E-state index in [1.807, 2.05) is 0 Å². The summed E-state index contributed by atoms with van der Waals surface area (Å²) in [5.41, 5.74) is 0.518. The average molecular weight is 314 g/mol. The third-order valence-corrected chi connectivity index (χ3v) is 3.94. The van der Waals surface area contributed by atoms with E-state index in [0.717, 1.165) is 0 Å². The number of hydrogen-bond donors (Lipinski definition) is 1. The predicted octanol–water partition coefficient (Wildman–Crippen LogP) is 3.01. The van der Waals surface area contributed by atoms with E-state index in [4.69, 9.17) is 9.47 Å². The van der Waals surface area contributed by atoms with Crippen molar-refractivity contribution in [1.29, 1.82) is 0 Å². The third-order valence-electron chi connectivity index (χ3n) is 3.94. The molecule has 1 aliphatic carbocycles. The smallest absolute Gasteiger partial charge is 0.163 e. The summed E-state index contributed by atoms with van der Waals surface area (Å²) in [4.78, 5) is 24.4. The van der Waals surface area contributed by atoms with Crippen molar-refractivity contribution in [3.8, 4) is 11.5 Å².